The Bertz CT molecular complexity index is 793. The summed E-state index contributed by atoms with van der Waals surface area (Å²) in [6, 6.07) is 8.86. The number of carbonyl (C=O) groups is 1. The monoisotopic (exact) mass is 267 g/mol. The largest absolute Gasteiger partial charge is 0.469 e. The van der Waals surface area contributed by atoms with E-state index < -0.39 is 0 Å². The van der Waals surface area contributed by atoms with Crippen LogP contribution in [0.3, 0.4) is 0 Å². The number of rotatable bonds is 2. The van der Waals surface area contributed by atoms with Crippen LogP contribution in [0.1, 0.15) is 16.1 Å². The molecule has 1 aromatic carbocycles. The second-order valence-electron chi connectivity index (χ2n) is 4.50. The zero-order valence-electron chi connectivity index (χ0n) is 10.9. The number of aryl methyl sites for hydroxylation is 1. The fourth-order valence-corrected chi connectivity index (χ4v) is 2.06. The lowest BCUT2D eigenvalue weighted by Crippen LogP contribution is -2.11. The van der Waals surface area contributed by atoms with Crippen molar-refractivity contribution in [3.63, 3.8) is 0 Å². The van der Waals surface area contributed by atoms with Gasteiger partial charge in [-0.15, -0.1) is 0 Å². The average molecular weight is 267 g/mol. The van der Waals surface area contributed by atoms with Gasteiger partial charge in [0, 0.05) is 11.6 Å². The predicted molar refractivity (Wildman–Crippen MR) is 77.6 cm³/mol. The number of nitrogen functional groups attached to an aromatic ring is 1. The molecule has 0 spiro atoms. The number of pyridine rings is 1. The van der Waals surface area contributed by atoms with Crippen LogP contribution in [0.15, 0.2) is 47.2 Å². The molecule has 2 aromatic heterocycles. The van der Waals surface area contributed by atoms with Crippen LogP contribution in [0, 0.1) is 6.92 Å². The molecule has 0 fully saturated rings. The summed E-state index contributed by atoms with van der Waals surface area (Å²) < 4.78 is 5.14. The number of amides is 1. The normalized spacial score (nSPS) is 10.7. The molecule has 0 saturated carbocycles. The summed E-state index contributed by atoms with van der Waals surface area (Å²) in [4.78, 5) is 16.4. The van der Waals surface area contributed by atoms with Crippen molar-refractivity contribution in [2.75, 3.05) is 11.1 Å². The Hall–Kier alpha value is -2.82. The predicted octanol–water partition coefficient (Wildman–Crippen LogP) is 2.97. The van der Waals surface area contributed by atoms with Crippen molar-refractivity contribution in [3.05, 3.63) is 54.1 Å². The molecule has 20 heavy (non-hydrogen) atoms. The van der Waals surface area contributed by atoms with E-state index in [2.05, 4.69) is 10.3 Å². The standard InChI is InChI=1S/C15H13N3O2/c1-9-7-10(8-20-9)15(19)18-13-5-4-12(16)14-11(13)3-2-6-17-14/h2-8H,16H2,1H3,(H,18,19). The van der Waals surface area contributed by atoms with E-state index in [1.807, 2.05) is 6.07 Å². The highest BCUT2D eigenvalue weighted by Gasteiger charge is 2.11. The summed E-state index contributed by atoms with van der Waals surface area (Å²) in [7, 11) is 0. The summed E-state index contributed by atoms with van der Waals surface area (Å²) in [6.45, 7) is 1.79. The quantitative estimate of drug-likeness (QED) is 0.699. The summed E-state index contributed by atoms with van der Waals surface area (Å²) in [5, 5.41) is 3.65. The number of nitrogens with one attached hydrogen (secondary N) is 1. The maximum absolute atomic E-state index is 12.1. The van der Waals surface area contributed by atoms with E-state index in [0.29, 0.717) is 28.2 Å². The van der Waals surface area contributed by atoms with Crippen molar-refractivity contribution in [1.29, 1.82) is 0 Å². The fraction of sp³-hybridized carbons (Fsp3) is 0.0667. The second-order valence-corrected chi connectivity index (χ2v) is 4.50. The van der Waals surface area contributed by atoms with Crippen LogP contribution < -0.4 is 11.1 Å². The third-order valence-corrected chi connectivity index (χ3v) is 3.04. The molecule has 0 aliphatic carbocycles. The number of hydrogen-bond donors (Lipinski definition) is 2. The zero-order valence-corrected chi connectivity index (χ0v) is 10.9. The minimum absolute atomic E-state index is 0.225. The van der Waals surface area contributed by atoms with Gasteiger partial charge in [-0.25, -0.2) is 0 Å². The molecular weight excluding hydrogens is 254 g/mol. The highest BCUT2D eigenvalue weighted by atomic mass is 16.3. The van der Waals surface area contributed by atoms with Crippen molar-refractivity contribution in [1.82, 2.24) is 4.98 Å². The Morgan fingerprint density at radius 3 is 2.95 bits per heavy atom. The Morgan fingerprint density at radius 1 is 1.35 bits per heavy atom. The van der Waals surface area contributed by atoms with E-state index in [1.165, 1.54) is 6.26 Å². The van der Waals surface area contributed by atoms with E-state index in [0.717, 1.165) is 5.39 Å². The Kier molecular flexibility index (Phi) is 2.87. The molecule has 0 aliphatic rings. The molecule has 0 bridgehead atoms. The van der Waals surface area contributed by atoms with E-state index in [4.69, 9.17) is 10.2 Å². The molecule has 1 amide bonds. The highest BCUT2D eigenvalue weighted by Crippen LogP contribution is 2.26. The van der Waals surface area contributed by atoms with Crippen molar-refractivity contribution in [2.45, 2.75) is 6.92 Å². The summed E-state index contributed by atoms with van der Waals surface area (Å²) >= 11 is 0. The zero-order chi connectivity index (χ0) is 14.1. The first-order valence-corrected chi connectivity index (χ1v) is 6.15. The van der Waals surface area contributed by atoms with E-state index in [1.54, 1.807) is 37.4 Å². The smallest absolute Gasteiger partial charge is 0.258 e. The van der Waals surface area contributed by atoms with Crippen molar-refractivity contribution in [2.24, 2.45) is 0 Å². The van der Waals surface area contributed by atoms with Crippen LogP contribution in [0.5, 0.6) is 0 Å². The van der Waals surface area contributed by atoms with Crippen LogP contribution >= 0.6 is 0 Å². The Morgan fingerprint density at radius 2 is 2.20 bits per heavy atom. The van der Waals surface area contributed by atoms with E-state index >= 15 is 0 Å². The minimum atomic E-state index is -0.225. The van der Waals surface area contributed by atoms with Gasteiger partial charge in [-0.1, -0.05) is 0 Å². The lowest BCUT2D eigenvalue weighted by Gasteiger charge is -2.08. The fourth-order valence-electron chi connectivity index (χ4n) is 2.06. The Labute approximate surface area is 115 Å². The molecule has 5 nitrogen and oxygen atoms in total. The number of nitrogens with two attached hydrogens (primary N) is 1. The van der Waals surface area contributed by atoms with Gasteiger partial charge in [-0.3, -0.25) is 9.78 Å². The molecular formula is C15H13N3O2. The van der Waals surface area contributed by atoms with Crippen LogP contribution in [0.4, 0.5) is 11.4 Å². The second kappa shape index (κ2) is 4.70. The van der Waals surface area contributed by atoms with Gasteiger partial charge in [0.05, 0.1) is 22.5 Å². The molecule has 0 saturated heterocycles. The lowest BCUT2D eigenvalue weighted by molar-refractivity contribution is 0.102. The minimum Gasteiger partial charge on any atom is -0.469 e. The number of benzene rings is 1. The molecule has 100 valence electrons. The molecule has 3 N–H and O–H groups in total. The molecule has 5 heteroatoms. The van der Waals surface area contributed by atoms with Gasteiger partial charge in [0.2, 0.25) is 0 Å². The van der Waals surface area contributed by atoms with Crippen molar-refractivity contribution < 1.29 is 9.21 Å². The molecule has 3 aromatic rings. The summed E-state index contributed by atoms with van der Waals surface area (Å²) in [6.07, 6.45) is 3.10. The van der Waals surface area contributed by atoms with Gasteiger partial charge >= 0.3 is 0 Å². The number of aromatic nitrogens is 1. The van der Waals surface area contributed by atoms with Gasteiger partial charge in [0.1, 0.15) is 12.0 Å². The van der Waals surface area contributed by atoms with E-state index in [9.17, 15) is 4.79 Å². The van der Waals surface area contributed by atoms with Gasteiger partial charge in [-0.05, 0) is 37.3 Å². The first-order chi connectivity index (χ1) is 9.65. The van der Waals surface area contributed by atoms with Crippen LogP contribution in [-0.2, 0) is 0 Å². The van der Waals surface area contributed by atoms with Gasteiger partial charge in [-0.2, -0.15) is 0 Å². The van der Waals surface area contributed by atoms with Crippen LogP contribution in [-0.4, -0.2) is 10.9 Å². The first-order valence-electron chi connectivity index (χ1n) is 6.15. The number of hydrogen-bond acceptors (Lipinski definition) is 4. The number of furan rings is 1. The molecule has 0 radical (unpaired) electrons. The van der Waals surface area contributed by atoms with Gasteiger partial charge in [0.25, 0.3) is 5.91 Å². The SMILES string of the molecule is Cc1cc(C(=O)Nc2ccc(N)c3ncccc23)co1. The highest BCUT2D eigenvalue weighted by molar-refractivity contribution is 6.10. The maximum atomic E-state index is 12.1. The molecule has 0 unspecified atom stereocenters. The van der Waals surface area contributed by atoms with Crippen molar-refractivity contribution >= 4 is 28.2 Å². The molecule has 2 heterocycles. The summed E-state index contributed by atoms with van der Waals surface area (Å²) in [5.41, 5.74) is 8.29. The number of carbonyl (C=O) groups excluding carboxylic acids is 1. The number of anilines is 2. The number of nitrogens with zero attached hydrogens (tertiary/aromatic N) is 1. The van der Waals surface area contributed by atoms with Crippen molar-refractivity contribution in [3.8, 4) is 0 Å². The van der Waals surface area contributed by atoms with E-state index in [-0.39, 0.29) is 5.91 Å². The summed E-state index contributed by atoms with van der Waals surface area (Å²) in [5.74, 6) is 0.468. The molecule has 0 aliphatic heterocycles. The Balaban J connectivity index is 1.99. The molecule has 0 atom stereocenters. The molecule has 3 rings (SSSR count). The average Bonchev–Trinajstić information content (AvgIpc) is 2.89. The third-order valence-electron chi connectivity index (χ3n) is 3.04. The van der Waals surface area contributed by atoms with Crippen LogP contribution in [0.25, 0.3) is 10.9 Å². The maximum Gasteiger partial charge on any atom is 0.258 e. The first kappa shape index (κ1) is 12.2. The van der Waals surface area contributed by atoms with Crippen LogP contribution in [0.2, 0.25) is 0 Å². The van der Waals surface area contributed by atoms with Gasteiger partial charge in [0.15, 0.2) is 0 Å². The lowest BCUT2D eigenvalue weighted by atomic mass is 10.1. The third kappa shape index (κ3) is 2.09. The van der Waals surface area contributed by atoms with Gasteiger partial charge < -0.3 is 15.5 Å². The topological polar surface area (TPSA) is 81.2 Å². The number of fused-ring (bicyclic) bond motifs is 1.